The molecule has 0 aliphatic carbocycles. The van der Waals surface area contributed by atoms with Crippen molar-refractivity contribution in [1.29, 1.82) is 0 Å². The van der Waals surface area contributed by atoms with E-state index in [4.69, 9.17) is 10.5 Å². The Morgan fingerprint density at radius 1 is 1.09 bits per heavy atom. The number of carboxylic acid groups (broad SMARTS) is 1. The number of ether oxygens (including phenoxy) is 1. The highest BCUT2D eigenvalue weighted by Crippen LogP contribution is 2.26. The quantitative estimate of drug-likeness (QED) is 0.470. The lowest BCUT2D eigenvalue weighted by molar-refractivity contribution is -0.139. The minimum Gasteiger partial charge on any atom is -0.480 e. The number of hydrogen-bond acceptors (Lipinski definition) is 9. The number of primary amides is 1. The van der Waals surface area contributed by atoms with Gasteiger partial charge in [-0.25, -0.2) is 24.5 Å². The van der Waals surface area contributed by atoms with E-state index in [-0.39, 0.29) is 12.1 Å². The van der Waals surface area contributed by atoms with Gasteiger partial charge < -0.3 is 20.9 Å². The van der Waals surface area contributed by atoms with E-state index < -0.39 is 29.6 Å². The maximum absolute atomic E-state index is 11.9. The molecular weight excluding hydrogens is 454 g/mol. The number of amides is 2. The van der Waals surface area contributed by atoms with Gasteiger partial charge in [0.25, 0.3) is 5.91 Å². The predicted molar refractivity (Wildman–Crippen MR) is 119 cm³/mol. The first-order valence-corrected chi connectivity index (χ1v) is 11.2. The summed E-state index contributed by atoms with van der Waals surface area (Å²) < 4.78 is 5.13. The van der Waals surface area contributed by atoms with E-state index in [1.807, 2.05) is 0 Å². The Hall–Kier alpha value is -3.38. The molecule has 3 rings (SSSR count). The monoisotopic (exact) mass is 475 g/mol. The van der Waals surface area contributed by atoms with E-state index in [9.17, 15) is 19.5 Å². The zero-order chi connectivity index (χ0) is 23.5. The van der Waals surface area contributed by atoms with E-state index in [0.717, 1.165) is 0 Å². The van der Waals surface area contributed by atoms with Crippen LogP contribution < -0.4 is 11.1 Å². The second-order valence-corrected chi connectivity index (χ2v) is 9.48. The fraction of sp³-hybridized carbons (Fsp3) is 0.300. The van der Waals surface area contributed by atoms with Crippen LogP contribution in [-0.2, 0) is 16.0 Å². The van der Waals surface area contributed by atoms with Gasteiger partial charge in [0.15, 0.2) is 0 Å². The molecule has 12 heteroatoms. The van der Waals surface area contributed by atoms with Gasteiger partial charge in [-0.15, -0.1) is 22.7 Å². The van der Waals surface area contributed by atoms with Gasteiger partial charge in [0, 0.05) is 17.2 Å². The normalized spacial score (nSPS) is 12.2. The molecule has 0 spiro atoms. The van der Waals surface area contributed by atoms with Crippen LogP contribution in [-0.4, -0.2) is 49.7 Å². The SMILES string of the molecule is CC(C)(C)OC(=O)N[C@@H](Cc1nc(-c2cccc(-c3nc(C(N)=O)cs3)n2)cs1)C(=O)O. The standard InChI is InChI=1S/C20H21N5O5S2/c1-20(2,3)30-19(29)25-12(18(27)28)7-15-23-13(8-31-15)10-5-4-6-11(22-10)17-24-14(9-32-17)16(21)26/h4-6,8-9,12H,7H2,1-3H3,(H2,21,26)(H,25,29)(H,27,28)/t12-/m0/s1. The topological polar surface area (TPSA) is 157 Å². The van der Waals surface area contributed by atoms with Crippen molar-refractivity contribution >= 4 is 40.6 Å². The number of hydrogen-bond donors (Lipinski definition) is 3. The van der Waals surface area contributed by atoms with E-state index in [0.29, 0.717) is 27.1 Å². The molecule has 10 nitrogen and oxygen atoms in total. The third kappa shape index (κ3) is 6.08. The number of carbonyl (C=O) groups excluding carboxylic acids is 2. The second kappa shape index (κ2) is 9.40. The lowest BCUT2D eigenvalue weighted by Crippen LogP contribution is -2.44. The maximum atomic E-state index is 11.9. The first-order valence-electron chi connectivity index (χ1n) is 9.41. The van der Waals surface area contributed by atoms with E-state index in [1.165, 1.54) is 22.7 Å². The summed E-state index contributed by atoms with van der Waals surface area (Å²) in [6.45, 7) is 5.07. The summed E-state index contributed by atoms with van der Waals surface area (Å²) in [5.41, 5.74) is 6.36. The largest absolute Gasteiger partial charge is 0.480 e. The van der Waals surface area contributed by atoms with E-state index in [2.05, 4.69) is 20.3 Å². The third-order valence-electron chi connectivity index (χ3n) is 3.91. The molecule has 0 unspecified atom stereocenters. The molecule has 0 aliphatic rings. The molecule has 32 heavy (non-hydrogen) atoms. The number of nitrogens with one attached hydrogen (secondary N) is 1. The number of nitrogens with two attached hydrogens (primary N) is 1. The second-order valence-electron chi connectivity index (χ2n) is 7.68. The van der Waals surface area contributed by atoms with Gasteiger partial charge in [0.2, 0.25) is 0 Å². The highest BCUT2D eigenvalue weighted by Gasteiger charge is 2.25. The van der Waals surface area contributed by atoms with Crippen molar-refractivity contribution in [3.8, 4) is 22.1 Å². The van der Waals surface area contributed by atoms with Gasteiger partial charge >= 0.3 is 12.1 Å². The average molecular weight is 476 g/mol. The minimum atomic E-state index is -1.19. The molecular formula is C20H21N5O5S2. The number of rotatable bonds is 7. The zero-order valence-electron chi connectivity index (χ0n) is 17.5. The van der Waals surface area contributed by atoms with Crippen LogP contribution in [0.1, 0.15) is 36.3 Å². The first-order chi connectivity index (χ1) is 15.0. The molecule has 0 saturated heterocycles. The number of nitrogens with zero attached hydrogens (tertiary/aromatic N) is 3. The summed E-state index contributed by atoms with van der Waals surface area (Å²) in [5, 5.41) is 16.2. The Morgan fingerprint density at radius 3 is 2.44 bits per heavy atom. The summed E-state index contributed by atoms with van der Waals surface area (Å²) in [5.74, 6) is -1.80. The molecule has 3 heterocycles. The van der Waals surface area contributed by atoms with Gasteiger partial charge in [-0.1, -0.05) is 6.07 Å². The highest BCUT2D eigenvalue weighted by molar-refractivity contribution is 7.13. The minimum absolute atomic E-state index is 0.00656. The molecule has 0 radical (unpaired) electrons. The third-order valence-corrected chi connectivity index (χ3v) is 5.64. The molecule has 4 N–H and O–H groups in total. The predicted octanol–water partition coefficient (Wildman–Crippen LogP) is 2.95. The highest BCUT2D eigenvalue weighted by atomic mass is 32.1. The molecule has 3 aromatic rings. The molecule has 3 aromatic heterocycles. The van der Waals surface area contributed by atoms with Crippen molar-refractivity contribution < 1.29 is 24.2 Å². The van der Waals surface area contributed by atoms with Crippen molar-refractivity contribution in [3.05, 3.63) is 39.7 Å². The van der Waals surface area contributed by atoms with Crippen LogP contribution in [0.2, 0.25) is 0 Å². The van der Waals surface area contributed by atoms with Crippen LogP contribution in [0.25, 0.3) is 22.1 Å². The van der Waals surface area contributed by atoms with Crippen LogP contribution in [0.15, 0.2) is 29.0 Å². The molecule has 0 bridgehead atoms. The number of aliphatic carboxylic acids is 1. The van der Waals surface area contributed by atoms with Gasteiger partial charge in [-0.3, -0.25) is 4.79 Å². The van der Waals surface area contributed by atoms with Crippen molar-refractivity contribution in [2.45, 2.75) is 38.8 Å². The maximum Gasteiger partial charge on any atom is 0.408 e. The Morgan fingerprint density at radius 2 is 1.81 bits per heavy atom. The summed E-state index contributed by atoms with van der Waals surface area (Å²) in [4.78, 5) is 48.0. The number of thiazole rings is 2. The molecule has 1 atom stereocenters. The summed E-state index contributed by atoms with van der Waals surface area (Å²) in [6, 6.07) is 4.11. The Balaban J connectivity index is 1.75. The molecule has 0 fully saturated rings. The zero-order valence-corrected chi connectivity index (χ0v) is 19.1. The number of alkyl carbamates (subject to hydrolysis) is 1. The van der Waals surface area contributed by atoms with E-state index >= 15 is 0 Å². The Labute approximate surface area is 191 Å². The van der Waals surface area contributed by atoms with Crippen LogP contribution in [0.3, 0.4) is 0 Å². The van der Waals surface area contributed by atoms with Crippen LogP contribution in [0.4, 0.5) is 4.79 Å². The lowest BCUT2D eigenvalue weighted by atomic mass is 10.2. The molecule has 0 saturated carbocycles. The van der Waals surface area contributed by atoms with Crippen molar-refractivity contribution in [3.63, 3.8) is 0 Å². The van der Waals surface area contributed by atoms with Crippen LogP contribution in [0, 0.1) is 0 Å². The smallest absolute Gasteiger partial charge is 0.408 e. The average Bonchev–Trinajstić information content (AvgIpc) is 3.36. The molecule has 168 valence electrons. The number of carbonyl (C=O) groups is 3. The molecule has 0 aromatic carbocycles. The number of carboxylic acids is 1. The van der Waals surface area contributed by atoms with Crippen molar-refractivity contribution in [1.82, 2.24) is 20.3 Å². The van der Waals surface area contributed by atoms with Gasteiger partial charge in [-0.05, 0) is 32.9 Å². The van der Waals surface area contributed by atoms with Crippen molar-refractivity contribution in [2.75, 3.05) is 0 Å². The van der Waals surface area contributed by atoms with Crippen molar-refractivity contribution in [2.24, 2.45) is 5.73 Å². The Kier molecular flexibility index (Phi) is 6.84. The number of pyridine rings is 1. The molecule has 0 aliphatic heterocycles. The molecule has 2 amide bonds. The fourth-order valence-electron chi connectivity index (χ4n) is 2.55. The summed E-state index contributed by atoms with van der Waals surface area (Å²) >= 11 is 2.51. The Bertz CT molecular complexity index is 1150. The van der Waals surface area contributed by atoms with Crippen LogP contribution in [0.5, 0.6) is 0 Å². The van der Waals surface area contributed by atoms with Gasteiger partial charge in [-0.2, -0.15) is 0 Å². The fourth-order valence-corrected chi connectivity index (χ4v) is 4.16. The summed E-state index contributed by atoms with van der Waals surface area (Å²) in [7, 11) is 0. The van der Waals surface area contributed by atoms with E-state index in [1.54, 1.807) is 49.7 Å². The lowest BCUT2D eigenvalue weighted by Gasteiger charge is -2.21. The van der Waals surface area contributed by atoms with Crippen LogP contribution >= 0.6 is 22.7 Å². The van der Waals surface area contributed by atoms with Gasteiger partial charge in [0.1, 0.15) is 22.3 Å². The first kappa shape index (κ1) is 23.3. The summed E-state index contributed by atoms with van der Waals surface area (Å²) in [6.07, 6.45) is -0.817. The number of aromatic nitrogens is 3. The van der Waals surface area contributed by atoms with Gasteiger partial charge in [0.05, 0.1) is 22.1 Å².